The average molecular weight is 343 g/mol. The lowest BCUT2D eigenvalue weighted by Gasteiger charge is -2.18. The second kappa shape index (κ2) is 5.41. The fraction of sp³-hybridized carbons (Fsp3) is 0.611. The Labute approximate surface area is 145 Å². The molecule has 1 aliphatic heterocycles. The van der Waals surface area contributed by atoms with Gasteiger partial charge in [-0.25, -0.2) is 0 Å². The second-order valence-electron chi connectivity index (χ2n) is 7.54. The van der Waals surface area contributed by atoms with Gasteiger partial charge in [-0.3, -0.25) is 4.79 Å². The number of rotatable bonds is 3. The molecule has 24 heavy (non-hydrogen) atoms. The van der Waals surface area contributed by atoms with Crippen LogP contribution in [0, 0.1) is 5.92 Å². The maximum Gasteiger partial charge on any atom is 0.259 e. The van der Waals surface area contributed by atoms with Crippen LogP contribution in [0.2, 0.25) is 0 Å². The quantitative estimate of drug-likeness (QED) is 0.857. The smallest absolute Gasteiger partial charge is 0.259 e. The van der Waals surface area contributed by atoms with Gasteiger partial charge in [-0.05, 0) is 43.6 Å². The van der Waals surface area contributed by atoms with Gasteiger partial charge in [-0.2, -0.15) is 4.98 Å². The Morgan fingerprint density at radius 2 is 2.17 bits per heavy atom. The van der Waals surface area contributed by atoms with Crippen LogP contribution >= 0.6 is 11.3 Å². The molecule has 6 heteroatoms. The lowest BCUT2D eigenvalue weighted by Crippen LogP contribution is -2.27. The maximum absolute atomic E-state index is 12.1. The van der Waals surface area contributed by atoms with Gasteiger partial charge in [0.15, 0.2) is 5.82 Å². The van der Waals surface area contributed by atoms with E-state index in [1.54, 1.807) is 0 Å². The van der Waals surface area contributed by atoms with E-state index in [9.17, 15) is 4.79 Å². The Morgan fingerprint density at radius 3 is 3.00 bits per heavy atom. The van der Waals surface area contributed by atoms with E-state index in [0.29, 0.717) is 24.2 Å². The molecule has 1 amide bonds. The Hall–Kier alpha value is -1.69. The minimum atomic E-state index is 0.0880. The van der Waals surface area contributed by atoms with Crippen LogP contribution in [0.1, 0.15) is 54.8 Å². The highest BCUT2D eigenvalue weighted by Gasteiger charge is 2.41. The van der Waals surface area contributed by atoms with E-state index in [0.717, 1.165) is 43.7 Å². The van der Waals surface area contributed by atoms with Gasteiger partial charge in [0.05, 0.1) is 5.56 Å². The normalized spacial score (nSPS) is 26.9. The van der Waals surface area contributed by atoms with Gasteiger partial charge in [0.25, 0.3) is 5.89 Å². The molecule has 2 atom stereocenters. The van der Waals surface area contributed by atoms with Gasteiger partial charge in [-0.1, -0.05) is 12.1 Å². The van der Waals surface area contributed by atoms with E-state index < -0.39 is 0 Å². The molecule has 2 unspecified atom stereocenters. The van der Waals surface area contributed by atoms with Gasteiger partial charge < -0.3 is 9.42 Å². The summed E-state index contributed by atoms with van der Waals surface area (Å²) in [4.78, 5) is 20.3. The standard InChI is InChI=1S/C18H21N3O2S/c1-10-2-5-13-14(9-24-15(13)6-10)18-19-17(20-23-18)11-7-16(22)21(8-11)12-3-4-12/h9-12H,2-8H2,1H3. The van der Waals surface area contributed by atoms with Gasteiger partial charge >= 0.3 is 0 Å². The number of likely N-dealkylation sites (tertiary alicyclic amines) is 1. The van der Waals surface area contributed by atoms with Crippen molar-refractivity contribution >= 4 is 17.2 Å². The molecule has 2 aromatic heterocycles. The topological polar surface area (TPSA) is 59.2 Å². The Kier molecular flexibility index (Phi) is 3.30. The summed E-state index contributed by atoms with van der Waals surface area (Å²) in [7, 11) is 0. The van der Waals surface area contributed by atoms with Crippen molar-refractivity contribution in [3.63, 3.8) is 0 Å². The fourth-order valence-corrected chi connectivity index (χ4v) is 5.25. The molecule has 3 aliphatic rings. The lowest BCUT2D eigenvalue weighted by molar-refractivity contribution is -0.128. The minimum absolute atomic E-state index is 0.0880. The highest BCUT2D eigenvalue weighted by molar-refractivity contribution is 7.10. The first kappa shape index (κ1) is 14.6. The fourth-order valence-electron chi connectivity index (χ4n) is 4.01. The van der Waals surface area contributed by atoms with Crippen molar-refractivity contribution in [2.24, 2.45) is 5.92 Å². The van der Waals surface area contributed by atoms with Crippen molar-refractivity contribution in [2.45, 2.75) is 57.4 Å². The lowest BCUT2D eigenvalue weighted by atomic mass is 9.88. The third-order valence-electron chi connectivity index (χ3n) is 5.59. The van der Waals surface area contributed by atoms with Crippen molar-refractivity contribution in [3.8, 4) is 11.5 Å². The van der Waals surface area contributed by atoms with Crippen LogP contribution in [0.5, 0.6) is 0 Å². The van der Waals surface area contributed by atoms with E-state index in [4.69, 9.17) is 4.52 Å². The Morgan fingerprint density at radius 1 is 1.29 bits per heavy atom. The summed E-state index contributed by atoms with van der Waals surface area (Å²) < 4.78 is 5.58. The molecule has 2 aliphatic carbocycles. The third kappa shape index (κ3) is 2.39. The number of hydrogen-bond acceptors (Lipinski definition) is 5. The van der Waals surface area contributed by atoms with Crippen molar-refractivity contribution in [1.29, 1.82) is 0 Å². The molecule has 126 valence electrons. The van der Waals surface area contributed by atoms with E-state index in [2.05, 4.69) is 22.4 Å². The number of thiophene rings is 1. The van der Waals surface area contributed by atoms with E-state index >= 15 is 0 Å². The zero-order chi connectivity index (χ0) is 16.3. The number of carbonyl (C=O) groups excluding carboxylic acids is 1. The van der Waals surface area contributed by atoms with Gasteiger partial charge in [0, 0.05) is 35.2 Å². The summed E-state index contributed by atoms with van der Waals surface area (Å²) in [5, 5.41) is 6.37. The monoisotopic (exact) mass is 343 g/mol. The summed E-state index contributed by atoms with van der Waals surface area (Å²) in [5.41, 5.74) is 2.51. The second-order valence-corrected chi connectivity index (χ2v) is 8.50. The van der Waals surface area contributed by atoms with E-state index in [1.165, 1.54) is 16.9 Å². The molecule has 3 heterocycles. The van der Waals surface area contributed by atoms with Crippen LogP contribution in [0.3, 0.4) is 0 Å². The van der Waals surface area contributed by atoms with Crippen molar-refractivity contribution < 1.29 is 9.32 Å². The molecule has 1 saturated carbocycles. The van der Waals surface area contributed by atoms with Crippen molar-refractivity contribution in [3.05, 3.63) is 21.6 Å². The first-order chi connectivity index (χ1) is 11.7. The van der Waals surface area contributed by atoms with Crippen molar-refractivity contribution in [2.75, 3.05) is 6.54 Å². The first-order valence-corrected chi connectivity index (χ1v) is 9.79. The predicted molar refractivity (Wildman–Crippen MR) is 90.9 cm³/mol. The van der Waals surface area contributed by atoms with Crippen LogP contribution < -0.4 is 0 Å². The maximum atomic E-state index is 12.1. The number of aromatic nitrogens is 2. The van der Waals surface area contributed by atoms with Gasteiger partial charge in [-0.15, -0.1) is 11.3 Å². The summed E-state index contributed by atoms with van der Waals surface area (Å²) in [6.07, 6.45) is 6.31. The Balaban J connectivity index is 1.39. The Bertz CT molecular complexity index is 792. The van der Waals surface area contributed by atoms with Crippen LogP contribution in [0.15, 0.2) is 9.90 Å². The highest BCUT2D eigenvalue weighted by atomic mass is 32.1. The van der Waals surface area contributed by atoms with Gasteiger partial charge in [0.2, 0.25) is 5.91 Å². The highest BCUT2D eigenvalue weighted by Crippen LogP contribution is 2.39. The SMILES string of the molecule is CC1CCc2c(-c3nc(C4CC(=O)N(C5CC5)C4)no3)csc2C1. The first-order valence-electron chi connectivity index (χ1n) is 8.91. The molecule has 5 nitrogen and oxygen atoms in total. The summed E-state index contributed by atoms with van der Waals surface area (Å²) >= 11 is 1.81. The van der Waals surface area contributed by atoms with Crippen LogP contribution in [0.4, 0.5) is 0 Å². The molecular weight excluding hydrogens is 322 g/mol. The number of amides is 1. The number of nitrogens with zero attached hydrogens (tertiary/aromatic N) is 3. The molecule has 0 spiro atoms. The molecule has 0 bridgehead atoms. The van der Waals surface area contributed by atoms with E-state index in [-0.39, 0.29) is 11.8 Å². The molecule has 2 aromatic rings. The number of hydrogen-bond donors (Lipinski definition) is 0. The van der Waals surface area contributed by atoms with Gasteiger partial charge in [0.1, 0.15) is 0 Å². The summed E-state index contributed by atoms with van der Waals surface area (Å²) in [6, 6.07) is 0.472. The van der Waals surface area contributed by atoms with Crippen molar-refractivity contribution in [1.82, 2.24) is 15.0 Å². The van der Waals surface area contributed by atoms with E-state index in [1.807, 2.05) is 16.2 Å². The molecular formula is C18H21N3O2S. The molecule has 0 aromatic carbocycles. The van der Waals surface area contributed by atoms with Crippen LogP contribution in [-0.4, -0.2) is 33.5 Å². The zero-order valence-electron chi connectivity index (χ0n) is 13.8. The summed E-state index contributed by atoms with van der Waals surface area (Å²) in [6.45, 7) is 3.07. The zero-order valence-corrected chi connectivity index (χ0v) is 14.6. The van der Waals surface area contributed by atoms with Crippen LogP contribution in [-0.2, 0) is 17.6 Å². The predicted octanol–water partition coefficient (Wildman–Crippen LogP) is 3.40. The molecule has 2 fully saturated rings. The largest absolute Gasteiger partial charge is 0.339 e. The minimum Gasteiger partial charge on any atom is -0.339 e. The third-order valence-corrected chi connectivity index (χ3v) is 6.64. The molecule has 0 radical (unpaired) electrons. The molecule has 0 N–H and O–H groups in total. The number of carbonyl (C=O) groups is 1. The van der Waals surface area contributed by atoms with Crippen LogP contribution in [0.25, 0.3) is 11.5 Å². The molecule has 5 rings (SSSR count). The molecule has 1 saturated heterocycles. The summed E-state index contributed by atoms with van der Waals surface area (Å²) in [5.74, 6) is 2.43. The number of fused-ring (bicyclic) bond motifs is 1. The average Bonchev–Trinajstić information content (AvgIpc) is 2.97.